The highest BCUT2D eigenvalue weighted by molar-refractivity contribution is 5.62. The average molecular weight is 405 g/mol. The lowest BCUT2D eigenvalue weighted by Crippen LogP contribution is -2.46. The van der Waals surface area contributed by atoms with E-state index in [1.807, 2.05) is 4.90 Å². The van der Waals surface area contributed by atoms with Crippen LogP contribution in [-0.2, 0) is 12.7 Å². The molecule has 0 spiro atoms. The molecule has 1 N–H and O–H groups in total. The molecule has 0 aliphatic carbocycles. The van der Waals surface area contributed by atoms with Crippen molar-refractivity contribution >= 4 is 5.82 Å². The Balaban J connectivity index is 1.37. The number of pyridine rings is 1. The molecule has 9 heteroatoms. The van der Waals surface area contributed by atoms with Crippen molar-refractivity contribution in [1.82, 2.24) is 20.1 Å². The second kappa shape index (κ2) is 7.82. The van der Waals surface area contributed by atoms with Crippen molar-refractivity contribution in [2.24, 2.45) is 0 Å². The highest BCUT2D eigenvalue weighted by Crippen LogP contribution is 2.29. The number of aromatic nitrogens is 3. The molecule has 1 saturated heterocycles. The van der Waals surface area contributed by atoms with E-state index < -0.39 is 11.7 Å². The second-order valence-electron chi connectivity index (χ2n) is 6.94. The van der Waals surface area contributed by atoms with Gasteiger partial charge in [-0.25, -0.2) is 9.37 Å². The van der Waals surface area contributed by atoms with Gasteiger partial charge < -0.3 is 4.90 Å². The number of aromatic amines is 1. The van der Waals surface area contributed by atoms with Gasteiger partial charge in [-0.2, -0.15) is 18.3 Å². The molecule has 0 unspecified atom stereocenters. The number of anilines is 1. The van der Waals surface area contributed by atoms with E-state index in [0.717, 1.165) is 42.2 Å². The lowest BCUT2D eigenvalue weighted by Gasteiger charge is -2.35. The summed E-state index contributed by atoms with van der Waals surface area (Å²) >= 11 is 0. The Hall–Kier alpha value is -2.94. The van der Waals surface area contributed by atoms with E-state index in [2.05, 4.69) is 20.1 Å². The molecule has 2 aromatic heterocycles. The van der Waals surface area contributed by atoms with Crippen LogP contribution in [-0.4, -0.2) is 46.3 Å². The maximum Gasteiger partial charge on any atom is 0.417 e. The third-order valence-electron chi connectivity index (χ3n) is 5.02. The molecule has 3 heterocycles. The predicted octanol–water partition coefficient (Wildman–Crippen LogP) is 3.95. The first-order valence-corrected chi connectivity index (χ1v) is 9.19. The summed E-state index contributed by atoms with van der Waals surface area (Å²) in [5, 5.41) is 7.09. The number of rotatable bonds is 4. The van der Waals surface area contributed by atoms with Gasteiger partial charge in [0.15, 0.2) is 0 Å². The van der Waals surface area contributed by atoms with E-state index >= 15 is 0 Å². The lowest BCUT2D eigenvalue weighted by molar-refractivity contribution is -0.137. The van der Waals surface area contributed by atoms with Gasteiger partial charge in [-0.05, 0) is 36.4 Å². The molecular weight excluding hydrogens is 386 g/mol. The third kappa shape index (κ3) is 4.40. The van der Waals surface area contributed by atoms with Crippen molar-refractivity contribution in [3.63, 3.8) is 0 Å². The maximum atomic E-state index is 13.2. The van der Waals surface area contributed by atoms with E-state index in [0.29, 0.717) is 25.5 Å². The normalized spacial score (nSPS) is 15.7. The summed E-state index contributed by atoms with van der Waals surface area (Å²) < 4.78 is 51.2. The molecule has 1 aliphatic heterocycles. The van der Waals surface area contributed by atoms with Gasteiger partial charge in [0.25, 0.3) is 0 Å². The van der Waals surface area contributed by atoms with Gasteiger partial charge in [0.2, 0.25) is 0 Å². The van der Waals surface area contributed by atoms with Gasteiger partial charge >= 0.3 is 6.18 Å². The fraction of sp³-hybridized carbons (Fsp3) is 0.300. The smallest absolute Gasteiger partial charge is 0.354 e. The summed E-state index contributed by atoms with van der Waals surface area (Å²) in [7, 11) is 0. The summed E-state index contributed by atoms with van der Waals surface area (Å²) in [5.74, 6) is 0.260. The highest BCUT2D eigenvalue weighted by atomic mass is 19.4. The number of hydrogen-bond acceptors (Lipinski definition) is 4. The average Bonchev–Trinajstić information content (AvgIpc) is 3.17. The summed E-state index contributed by atoms with van der Waals surface area (Å²) in [6, 6.07) is 8.73. The molecule has 0 atom stereocenters. The fourth-order valence-corrected chi connectivity index (χ4v) is 3.41. The van der Waals surface area contributed by atoms with E-state index in [4.69, 9.17) is 0 Å². The predicted molar refractivity (Wildman–Crippen MR) is 101 cm³/mol. The van der Waals surface area contributed by atoms with Crippen LogP contribution >= 0.6 is 0 Å². The number of alkyl halides is 3. The minimum absolute atomic E-state index is 0.289. The van der Waals surface area contributed by atoms with Crippen molar-refractivity contribution in [3.8, 4) is 11.3 Å². The zero-order chi connectivity index (χ0) is 20.4. The van der Waals surface area contributed by atoms with Gasteiger partial charge in [-0.15, -0.1) is 0 Å². The minimum Gasteiger partial charge on any atom is -0.354 e. The first kappa shape index (κ1) is 19.4. The number of nitrogens with zero attached hydrogens (tertiary/aromatic N) is 4. The molecule has 1 fully saturated rings. The molecule has 0 radical (unpaired) electrons. The quantitative estimate of drug-likeness (QED) is 0.668. The molecule has 5 nitrogen and oxygen atoms in total. The van der Waals surface area contributed by atoms with Crippen LogP contribution < -0.4 is 4.90 Å². The van der Waals surface area contributed by atoms with Crippen LogP contribution in [0.3, 0.4) is 0 Å². The Morgan fingerprint density at radius 1 is 0.931 bits per heavy atom. The van der Waals surface area contributed by atoms with Crippen molar-refractivity contribution in [2.45, 2.75) is 12.7 Å². The topological polar surface area (TPSA) is 48.1 Å². The van der Waals surface area contributed by atoms with Gasteiger partial charge in [0.1, 0.15) is 11.6 Å². The summed E-state index contributed by atoms with van der Waals surface area (Å²) in [4.78, 5) is 8.20. The molecule has 1 aliphatic rings. The van der Waals surface area contributed by atoms with E-state index in [9.17, 15) is 17.6 Å². The molecule has 3 aromatic rings. The maximum absolute atomic E-state index is 13.2. The molecule has 1 aromatic carbocycles. The number of H-pyrrole nitrogens is 1. The lowest BCUT2D eigenvalue weighted by atomic mass is 10.1. The van der Waals surface area contributed by atoms with Crippen LogP contribution in [0, 0.1) is 5.82 Å². The Bertz CT molecular complexity index is 942. The SMILES string of the molecule is Fc1ccc(-c2[nH]ncc2CN2CCN(c3ccc(C(F)(F)F)cn3)CC2)cc1. The third-order valence-corrected chi connectivity index (χ3v) is 5.02. The number of hydrogen-bond donors (Lipinski definition) is 1. The number of benzene rings is 1. The van der Waals surface area contributed by atoms with Gasteiger partial charge in [-0.1, -0.05) is 0 Å². The van der Waals surface area contributed by atoms with E-state index in [-0.39, 0.29) is 5.82 Å². The Labute approximate surface area is 165 Å². The number of nitrogens with one attached hydrogen (secondary N) is 1. The summed E-state index contributed by atoms with van der Waals surface area (Å²) in [5.41, 5.74) is 1.99. The van der Waals surface area contributed by atoms with Gasteiger partial charge in [0, 0.05) is 50.0 Å². The highest BCUT2D eigenvalue weighted by Gasteiger charge is 2.31. The van der Waals surface area contributed by atoms with Crippen LogP contribution in [0.5, 0.6) is 0 Å². The Morgan fingerprint density at radius 2 is 1.66 bits per heavy atom. The zero-order valence-electron chi connectivity index (χ0n) is 15.5. The van der Waals surface area contributed by atoms with E-state index in [1.54, 1.807) is 18.3 Å². The molecule has 152 valence electrons. The Kier molecular flexibility index (Phi) is 5.23. The largest absolute Gasteiger partial charge is 0.417 e. The van der Waals surface area contributed by atoms with Crippen LogP contribution in [0.15, 0.2) is 48.8 Å². The van der Waals surface area contributed by atoms with Gasteiger partial charge in [0.05, 0.1) is 17.5 Å². The molecule has 4 rings (SSSR count). The van der Waals surface area contributed by atoms with Crippen molar-refractivity contribution in [1.29, 1.82) is 0 Å². The summed E-state index contributed by atoms with van der Waals surface area (Å²) in [6.07, 6.45) is -1.73. The fourth-order valence-electron chi connectivity index (χ4n) is 3.41. The zero-order valence-corrected chi connectivity index (χ0v) is 15.5. The van der Waals surface area contributed by atoms with Crippen LogP contribution in [0.1, 0.15) is 11.1 Å². The van der Waals surface area contributed by atoms with E-state index in [1.165, 1.54) is 18.2 Å². The number of piperazine rings is 1. The standard InChI is InChI=1S/C20H19F4N5/c21-17-4-1-14(2-5-17)19-15(11-26-27-19)13-28-7-9-29(10-8-28)18-6-3-16(12-25-18)20(22,23)24/h1-6,11-12H,7-10,13H2,(H,26,27). The Morgan fingerprint density at radius 3 is 2.28 bits per heavy atom. The molecule has 0 amide bonds. The molecule has 0 saturated carbocycles. The van der Waals surface area contributed by atoms with Crippen molar-refractivity contribution < 1.29 is 17.6 Å². The molecule has 0 bridgehead atoms. The van der Waals surface area contributed by atoms with Crippen molar-refractivity contribution in [2.75, 3.05) is 31.1 Å². The summed E-state index contributed by atoms with van der Waals surface area (Å²) in [6.45, 7) is 3.51. The van der Waals surface area contributed by atoms with Crippen molar-refractivity contribution in [3.05, 3.63) is 65.7 Å². The minimum atomic E-state index is -4.38. The second-order valence-corrected chi connectivity index (χ2v) is 6.94. The van der Waals surface area contributed by atoms with Crippen LogP contribution in [0.4, 0.5) is 23.4 Å². The van der Waals surface area contributed by atoms with Gasteiger partial charge in [-0.3, -0.25) is 10.00 Å². The molecule has 29 heavy (non-hydrogen) atoms. The molecular formula is C20H19F4N5. The van der Waals surface area contributed by atoms with Crippen LogP contribution in [0.25, 0.3) is 11.3 Å². The van der Waals surface area contributed by atoms with Crippen LogP contribution in [0.2, 0.25) is 0 Å². The monoisotopic (exact) mass is 405 g/mol. The number of halogens is 4. The first-order valence-electron chi connectivity index (χ1n) is 9.19. The first-order chi connectivity index (χ1) is 13.9.